The molecule has 0 aromatic heterocycles. The highest BCUT2D eigenvalue weighted by Gasteiger charge is 2.18. The standard InChI is InChI=1S/C12H18N2O3/c1-3-7-13(4-2)11-6-5-10(9-15)8-12(11)14(16)17/h5-6,8,15H,3-4,7,9H2,1-2H3. The smallest absolute Gasteiger partial charge is 0.292 e. The molecule has 0 bridgehead atoms. The van der Waals surface area contributed by atoms with Crippen LogP contribution in [0.4, 0.5) is 11.4 Å². The zero-order valence-corrected chi connectivity index (χ0v) is 10.2. The first-order valence-corrected chi connectivity index (χ1v) is 5.77. The van der Waals surface area contributed by atoms with Crippen molar-refractivity contribution in [1.29, 1.82) is 0 Å². The average Bonchev–Trinajstić information content (AvgIpc) is 2.35. The number of aliphatic hydroxyl groups is 1. The molecule has 0 spiro atoms. The summed E-state index contributed by atoms with van der Waals surface area (Å²) in [4.78, 5) is 12.6. The van der Waals surface area contributed by atoms with E-state index in [1.165, 1.54) is 6.07 Å². The van der Waals surface area contributed by atoms with E-state index in [1.54, 1.807) is 12.1 Å². The molecule has 0 aliphatic rings. The lowest BCUT2D eigenvalue weighted by molar-refractivity contribution is -0.384. The van der Waals surface area contributed by atoms with Gasteiger partial charge in [0.1, 0.15) is 5.69 Å². The van der Waals surface area contributed by atoms with Crippen LogP contribution in [-0.4, -0.2) is 23.1 Å². The minimum atomic E-state index is -0.396. The van der Waals surface area contributed by atoms with Crippen LogP contribution in [0.2, 0.25) is 0 Å². The zero-order chi connectivity index (χ0) is 12.8. The summed E-state index contributed by atoms with van der Waals surface area (Å²) in [6.45, 7) is 5.35. The van der Waals surface area contributed by atoms with Crippen LogP contribution in [0.1, 0.15) is 25.8 Å². The average molecular weight is 238 g/mol. The van der Waals surface area contributed by atoms with Gasteiger partial charge < -0.3 is 10.0 Å². The number of nitro benzene ring substituents is 1. The highest BCUT2D eigenvalue weighted by Crippen LogP contribution is 2.29. The SMILES string of the molecule is CCCN(CC)c1ccc(CO)cc1[N+](=O)[O-]. The Balaban J connectivity index is 3.16. The molecule has 0 aliphatic carbocycles. The van der Waals surface area contributed by atoms with Crippen molar-refractivity contribution in [2.75, 3.05) is 18.0 Å². The third-order valence-corrected chi connectivity index (χ3v) is 2.64. The van der Waals surface area contributed by atoms with Gasteiger partial charge in [0.05, 0.1) is 11.5 Å². The Morgan fingerprint density at radius 3 is 2.59 bits per heavy atom. The largest absolute Gasteiger partial charge is 0.392 e. The van der Waals surface area contributed by atoms with Crippen molar-refractivity contribution in [2.24, 2.45) is 0 Å². The maximum atomic E-state index is 11.0. The third kappa shape index (κ3) is 3.17. The molecular weight excluding hydrogens is 220 g/mol. The fourth-order valence-corrected chi connectivity index (χ4v) is 1.80. The van der Waals surface area contributed by atoms with Crippen LogP contribution in [0, 0.1) is 10.1 Å². The quantitative estimate of drug-likeness (QED) is 0.610. The van der Waals surface area contributed by atoms with Crippen LogP contribution < -0.4 is 4.90 Å². The summed E-state index contributed by atoms with van der Waals surface area (Å²) in [5, 5.41) is 20.0. The van der Waals surface area contributed by atoms with E-state index in [1.807, 2.05) is 18.7 Å². The summed E-state index contributed by atoms with van der Waals surface area (Å²) >= 11 is 0. The first-order valence-electron chi connectivity index (χ1n) is 5.77. The molecule has 0 fully saturated rings. The van der Waals surface area contributed by atoms with Crippen LogP contribution in [-0.2, 0) is 6.61 Å². The molecule has 1 aromatic carbocycles. The molecule has 94 valence electrons. The number of anilines is 1. The molecule has 0 radical (unpaired) electrons. The second-order valence-corrected chi connectivity index (χ2v) is 3.82. The molecular formula is C12H18N2O3. The Morgan fingerprint density at radius 2 is 2.12 bits per heavy atom. The number of benzene rings is 1. The van der Waals surface area contributed by atoms with E-state index in [9.17, 15) is 10.1 Å². The second kappa shape index (κ2) is 6.20. The van der Waals surface area contributed by atoms with Gasteiger partial charge in [-0.1, -0.05) is 13.0 Å². The summed E-state index contributed by atoms with van der Waals surface area (Å²) in [5.41, 5.74) is 1.25. The number of rotatable bonds is 6. The van der Waals surface area contributed by atoms with Crippen molar-refractivity contribution in [2.45, 2.75) is 26.9 Å². The van der Waals surface area contributed by atoms with Gasteiger partial charge in [-0.05, 0) is 25.0 Å². The summed E-state index contributed by atoms with van der Waals surface area (Å²) in [7, 11) is 0. The predicted molar refractivity (Wildman–Crippen MR) is 67.2 cm³/mol. The molecule has 17 heavy (non-hydrogen) atoms. The molecule has 0 saturated heterocycles. The van der Waals surface area contributed by atoms with Crippen LogP contribution in [0.3, 0.4) is 0 Å². The van der Waals surface area contributed by atoms with E-state index in [0.717, 1.165) is 19.5 Å². The molecule has 1 aromatic rings. The van der Waals surface area contributed by atoms with Gasteiger partial charge in [-0.25, -0.2) is 0 Å². The summed E-state index contributed by atoms with van der Waals surface area (Å²) in [6.07, 6.45) is 0.937. The highest BCUT2D eigenvalue weighted by molar-refractivity contribution is 5.64. The number of hydrogen-bond donors (Lipinski definition) is 1. The van der Waals surface area contributed by atoms with Crippen molar-refractivity contribution in [3.63, 3.8) is 0 Å². The second-order valence-electron chi connectivity index (χ2n) is 3.82. The van der Waals surface area contributed by atoms with Gasteiger partial charge in [-0.2, -0.15) is 0 Å². The van der Waals surface area contributed by atoms with Crippen LogP contribution in [0.25, 0.3) is 0 Å². The minimum absolute atomic E-state index is 0.0619. The lowest BCUT2D eigenvalue weighted by atomic mass is 10.1. The summed E-state index contributed by atoms with van der Waals surface area (Å²) in [6, 6.07) is 4.87. The van der Waals surface area contributed by atoms with Crippen molar-refractivity contribution >= 4 is 11.4 Å². The predicted octanol–water partition coefficient (Wildman–Crippen LogP) is 2.32. The molecule has 5 heteroatoms. The van der Waals surface area contributed by atoms with Crippen LogP contribution >= 0.6 is 0 Å². The summed E-state index contributed by atoms with van der Waals surface area (Å²) in [5.74, 6) is 0. The monoisotopic (exact) mass is 238 g/mol. The number of nitro groups is 1. The molecule has 0 atom stereocenters. The fraction of sp³-hybridized carbons (Fsp3) is 0.500. The Labute approximate surface area is 101 Å². The molecule has 0 amide bonds. The maximum absolute atomic E-state index is 11.0. The van der Waals surface area contributed by atoms with Crippen molar-refractivity contribution in [1.82, 2.24) is 0 Å². The Bertz CT molecular complexity index is 393. The van der Waals surface area contributed by atoms with E-state index in [2.05, 4.69) is 0 Å². The van der Waals surface area contributed by atoms with Gasteiger partial charge in [0.25, 0.3) is 5.69 Å². The summed E-state index contributed by atoms with van der Waals surface area (Å²) < 4.78 is 0. The van der Waals surface area contributed by atoms with Crippen LogP contribution in [0.5, 0.6) is 0 Å². The topological polar surface area (TPSA) is 66.6 Å². The Morgan fingerprint density at radius 1 is 1.41 bits per heavy atom. The highest BCUT2D eigenvalue weighted by atomic mass is 16.6. The first-order chi connectivity index (χ1) is 8.13. The lowest BCUT2D eigenvalue weighted by Gasteiger charge is -2.22. The van der Waals surface area contributed by atoms with Gasteiger partial charge in [0.15, 0.2) is 0 Å². The van der Waals surface area contributed by atoms with Crippen molar-refractivity contribution < 1.29 is 10.0 Å². The molecule has 5 nitrogen and oxygen atoms in total. The zero-order valence-electron chi connectivity index (χ0n) is 10.2. The van der Waals surface area contributed by atoms with E-state index in [4.69, 9.17) is 5.11 Å². The van der Waals surface area contributed by atoms with Crippen molar-refractivity contribution in [3.05, 3.63) is 33.9 Å². The number of aliphatic hydroxyl groups excluding tert-OH is 1. The van der Waals surface area contributed by atoms with E-state index < -0.39 is 4.92 Å². The third-order valence-electron chi connectivity index (χ3n) is 2.64. The fourth-order valence-electron chi connectivity index (χ4n) is 1.80. The van der Waals surface area contributed by atoms with Gasteiger partial charge >= 0.3 is 0 Å². The lowest BCUT2D eigenvalue weighted by Crippen LogP contribution is -2.24. The Hall–Kier alpha value is -1.62. The molecule has 0 aliphatic heterocycles. The molecule has 1 N–H and O–H groups in total. The van der Waals surface area contributed by atoms with Crippen molar-refractivity contribution in [3.8, 4) is 0 Å². The van der Waals surface area contributed by atoms with Gasteiger partial charge in [-0.15, -0.1) is 0 Å². The van der Waals surface area contributed by atoms with Gasteiger partial charge in [0.2, 0.25) is 0 Å². The molecule has 0 heterocycles. The first kappa shape index (κ1) is 13.4. The van der Waals surface area contributed by atoms with Gasteiger partial charge in [0, 0.05) is 19.2 Å². The normalized spacial score (nSPS) is 10.3. The van der Waals surface area contributed by atoms with Gasteiger partial charge in [-0.3, -0.25) is 10.1 Å². The van der Waals surface area contributed by atoms with E-state index in [0.29, 0.717) is 11.3 Å². The van der Waals surface area contributed by atoms with E-state index >= 15 is 0 Å². The van der Waals surface area contributed by atoms with E-state index in [-0.39, 0.29) is 12.3 Å². The minimum Gasteiger partial charge on any atom is -0.392 e. The molecule has 0 saturated carbocycles. The number of nitrogens with zero attached hydrogens (tertiary/aromatic N) is 2. The Kier molecular flexibility index (Phi) is 4.90. The maximum Gasteiger partial charge on any atom is 0.292 e. The molecule has 0 unspecified atom stereocenters. The molecule has 1 rings (SSSR count). The van der Waals surface area contributed by atoms with Crippen LogP contribution in [0.15, 0.2) is 18.2 Å². The number of hydrogen-bond acceptors (Lipinski definition) is 4.